The Balaban J connectivity index is 1.17. The molecular formula is C22H23N3O3. The molecule has 2 aromatic heterocycles. The number of hydrogen-bond donors (Lipinski definition) is 1. The molecule has 2 aliphatic carbocycles. The molecule has 1 fully saturated rings. The van der Waals surface area contributed by atoms with Crippen LogP contribution in [0.1, 0.15) is 46.7 Å². The fourth-order valence-corrected chi connectivity index (χ4v) is 3.66. The molecule has 0 atom stereocenters. The molecule has 3 aromatic rings. The third-order valence-corrected chi connectivity index (χ3v) is 5.37. The molecule has 0 aliphatic heterocycles. The minimum atomic E-state index is -0.283. The number of hydrogen-bond acceptors (Lipinski definition) is 4. The summed E-state index contributed by atoms with van der Waals surface area (Å²) in [5, 5.41) is 7.12. The summed E-state index contributed by atoms with van der Waals surface area (Å²) in [4.78, 5) is 12.4. The first-order valence-corrected chi connectivity index (χ1v) is 9.90. The summed E-state index contributed by atoms with van der Waals surface area (Å²) in [6.45, 7) is 1.21. The van der Waals surface area contributed by atoms with Crippen molar-refractivity contribution in [1.29, 1.82) is 0 Å². The Labute approximate surface area is 163 Å². The van der Waals surface area contributed by atoms with Crippen LogP contribution < -0.4 is 10.1 Å². The number of ether oxygens (including phenoxy) is 1. The summed E-state index contributed by atoms with van der Waals surface area (Å²) in [5.41, 5.74) is 3.47. The number of furan rings is 1. The van der Waals surface area contributed by atoms with Crippen molar-refractivity contribution < 1.29 is 13.9 Å². The minimum absolute atomic E-state index is 0.266. The number of amides is 1. The van der Waals surface area contributed by atoms with Gasteiger partial charge >= 0.3 is 0 Å². The molecule has 0 radical (unpaired) electrons. The average molecular weight is 377 g/mol. The van der Waals surface area contributed by atoms with Crippen LogP contribution in [0.3, 0.4) is 0 Å². The molecule has 2 heterocycles. The van der Waals surface area contributed by atoms with Crippen LogP contribution in [0.15, 0.2) is 47.1 Å². The fourth-order valence-electron chi connectivity index (χ4n) is 3.66. The number of carbonyl (C=O) groups is 1. The number of anilines is 1. The molecule has 1 N–H and O–H groups in total. The van der Waals surface area contributed by atoms with Gasteiger partial charge in [-0.3, -0.25) is 9.48 Å². The van der Waals surface area contributed by atoms with E-state index in [1.165, 1.54) is 30.4 Å². The van der Waals surface area contributed by atoms with Crippen LogP contribution in [0.25, 0.3) is 0 Å². The summed E-state index contributed by atoms with van der Waals surface area (Å²) in [7, 11) is 0. The number of nitrogens with one attached hydrogen (secondary N) is 1. The Hall–Kier alpha value is -3.02. The van der Waals surface area contributed by atoms with Gasteiger partial charge in [-0.05, 0) is 73.4 Å². The fraction of sp³-hybridized carbons (Fsp3) is 0.364. The second-order valence-electron chi connectivity index (χ2n) is 7.69. The second-order valence-corrected chi connectivity index (χ2v) is 7.69. The van der Waals surface area contributed by atoms with E-state index in [0.717, 1.165) is 31.1 Å². The number of aromatic nitrogens is 2. The number of aryl methyl sites for hydroxylation is 2. The van der Waals surface area contributed by atoms with Crippen LogP contribution >= 0.6 is 0 Å². The van der Waals surface area contributed by atoms with E-state index in [1.807, 2.05) is 16.9 Å². The Morgan fingerprint density at radius 2 is 2.11 bits per heavy atom. The quantitative estimate of drug-likeness (QED) is 0.670. The summed E-state index contributed by atoms with van der Waals surface area (Å²) < 4.78 is 13.4. The smallest absolute Gasteiger partial charge is 0.291 e. The van der Waals surface area contributed by atoms with Crippen molar-refractivity contribution in [2.24, 2.45) is 5.92 Å². The monoisotopic (exact) mass is 377 g/mol. The van der Waals surface area contributed by atoms with Gasteiger partial charge in [-0.1, -0.05) is 6.07 Å². The van der Waals surface area contributed by atoms with E-state index in [0.29, 0.717) is 18.1 Å². The van der Waals surface area contributed by atoms with E-state index < -0.39 is 0 Å². The lowest BCUT2D eigenvalue weighted by Crippen LogP contribution is -2.10. The Morgan fingerprint density at radius 1 is 1.21 bits per heavy atom. The molecule has 0 bridgehead atoms. The lowest BCUT2D eigenvalue weighted by molar-refractivity contribution is 0.0992. The van der Waals surface area contributed by atoms with Crippen LogP contribution in [0.4, 0.5) is 5.69 Å². The first-order valence-electron chi connectivity index (χ1n) is 9.90. The molecule has 6 heteroatoms. The van der Waals surface area contributed by atoms with E-state index in [-0.39, 0.29) is 11.7 Å². The molecule has 1 aromatic carbocycles. The lowest BCUT2D eigenvalue weighted by atomic mass is 10.1. The molecule has 0 saturated heterocycles. The van der Waals surface area contributed by atoms with Gasteiger partial charge in [0, 0.05) is 12.7 Å². The molecule has 28 heavy (non-hydrogen) atoms. The first kappa shape index (κ1) is 17.1. The number of rotatable bonds is 7. The summed E-state index contributed by atoms with van der Waals surface area (Å²) in [5.74, 6) is 2.18. The van der Waals surface area contributed by atoms with Gasteiger partial charge in [0.05, 0.1) is 11.9 Å². The lowest BCUT2D eigenvalue weighted by Gasteiger charge is -2.06. The molecular weight excluding hydrogens is 354 g/mol. The summed E-state index contributed by atoms with van der Waals surface area (Å²) in [6, 6.07) is 9.70. The van der Waals surface area contributed by atoms with E-state index in [2.05, 4.69) is 22.5 Å². The highest BCUT2D eigenvalue weighted by Crippen LogP contribution is 2.30. The largest absolute Gasteiger partial charge is 0.486 e. The Bertz CT molecular complexity index is 1000. The van der Waals surface area contributed by atoms with Gasteiger partial charge in [0.2, 0.25) is 0 Å². The van der Waals surface area contributed by atoms with E-state index in [1.54, 1.807) is 18.3 Å². The number of carbonyl (C=O) groups excluding carboxylic acids is 1. The predicted molar refractivity (Wildman–Crippen MR) is 104 cm³/mol. The van der Waals surface area contributed by atoms with Crippen LogP contribution in [0, 0.1) is 5.92 Å². The maximum atomic E-state index is 12.4. The topological polar surface area (TPSA) is 69.3 Å². The first-order chi connectivity index (χ1) is 13.7. The van der Waals surface area contributed by atoms with Crippen molar-refractivity contribution in [2.45, 2.75) is 45.3 Å². The van der Waals surface area contributed by atoms with Crippen molar-refractivity contribution in [2.75, 3.05) is 5.32 Å². The molecule has 144 valence electrons. The van der Waals surface area contributed by atoms with E-state index in [9.17, 15) is 4.79 Å². The zero-order chi connectivity index (χ0) is 18.9. The Morgan fingerprint density at radius 3 is 3.00 bits per heavy atom. The van der Waals surface area contributed by atoms with Crippen molar-refractivity contribution in [3.05, 3.63) is 65.4 Å². The van der Waals surface area contributed by atoms with E-state index in [4.69, 9.17) is 9.15 Å². The molecule has 1 amide bonds. The van der Waals surface area contributed by atoms with Crippen molar-refractivity contribution in [1.82, 2.24) is 9.78 Å². The molecule has 6 nitrogen and oxygen atoms in total. The average Bonchev–Trinajstić information content (AvgIpc) is 3.10. The second kappa shape index (κ2) is 7.19. The summed E-state index contributed by atoms with van der Waals surface area (Å²) in [6.07, 6.45) is 9.56. The SMILES string of the molecule is O=C(Nc1cnn(CC2CC2)c1)c1ccc(COc2ccc3c(c2)CCC3)o1. The van der Waals surface area contributed by atoms with Crippen molar-refractivity contribution in [3.63, 3.8) is 0 Å². The van der Waals surface area contributed by atoms with Gasteiger partial charge in [-0.15, -0.1) is 0 Å². The maximum absolute atomic E-state index is 12.4. The number of fused-ring (bicyclic) bond motifs is 1. The number of nitrogens with zero attached hydrogens (tertiary/aromatic N) is 2. The molecule has 0 spiro atoms. The van der Waals surface area contributed by atoms with Crippen molar-refractivity contribution >= 4 is 11.6 Å². The summed E-state index contributed by atoms with van der Waals surface area (Å²) >= 11 is 0. The third kappa shape index (κ3) is 3.81. The Kier molecular flexibility index (Phi) is 4.39. The third-order valence-electron chi connectivity index (χ3n) is 5.37. The molecule has 1 saturated carbocycles. The highest BCUT2D eigenvalue weighted by Gasteiger charge is 2.22. The van der Waals surface area contributed by atoms with Gasteiger partial charge in [0.1, 0.15) is 18.1 Å². The van der Waals surface area contributed by atoms with Crippen LogP contribution in [-0.2, 0) is 26.0 Å². The standard InChI is InChI=1S/C22H23N3O3/c26-22(24-18-11-23-25(13-18)12-15-4-5-15)21-9-8-20(28-21)14-27-19-7-6-16-2-1-3-17(16)10-19/h6-11,13,15H,1-5,12,14H2,(H,24,26). The van der Waals surface area contributed by atoms with Crippen LogP contribution in [0.2, 0.25) is 0 Å². The highest BCUT2D eigenvalue weighted by molar-refractivity contribution is 6.02. The zero-order valence-corrected chi connectivity index (χ0v) is 15.7. The minimum Gasteiger partial charge on any atom is -0.486 e. The van der Waals surface area contributed by atoms with Gasteiger partial charge in [-0.25, -0.2) is 0 Å². The van der Waals surface area contributed by atoms with Crippen molar-refractivity contribution in [3.8, 4) is 5.75 Å². The van der Waals surface area contributed by atoms with Gasteiger partial charge in [-0.2, -0.15) is 5.10 Å². The van der Waals surface area contributed by atoms with Gasteiger partial charge < -0.3 is 14.5 Å². The van der Waals surface area contributed by atoms with Gasteiger partial charge in [0.25, 0.3) is 5.91 Å². The van der Waals surface area contributed by atoms with Gasteiger partial charge in [0.15, 0.2) is 5.76 Å². The zero-order valence-electron chi connectivity index (χ0n) is 15.7. The highest BCUT2D eigenvalue weighted by atomic mass is 16.5. The molecule has 0 unspecified atom stereocenters. The maximum Gasteiger partial charge on any atom is 0.291 e. The molecule has 5 rings (SSSR count). The van der Waals surface area contributed by atoms with Crippen LogP contribution in [-0.4, -0.2) is 15.7 Å². The van der Waals surface area contributed by atoms with E-state index >= 15 is 0 Å². The predicted octanol–water partition coefficient (Wildman–Crippen LogP) is 4.21. The number of benzene rings is 1. The normalized spacial score (nSPS) is 15.4. The molecule has 2 aliphatic rings. The van der Waals surface area contributed by atoms with Crippen LogP contribution in [0.5, 0.6) is 5.75 Å².